The molecule has 1 atom stereocenters. The first kappa shape index (κ1) is 15.7. The normalized spacial score (nSPS) is 12.0. The summed E-state index contributed by atoms with van der Waals surface area (Å²) in [5, 5.41) is 12.6. The van der Waals surface area contributed by atoms with Crippen LogP contribution >= 0.6 is 27.3 Å². The molecule has 7 heteroatoms. The topological polar surface area (TPSA) is 63.5 Å². The van der Waals surface area contributed by atoms with Gasteiger partial charge in [0.15, 0.2) is 0 Å². The standard InChI is InChI=1S/C14H13BrN2O3S/c1-9(10-4-3-5-12(6-10)17(19)20)16(2)14(18)11-7-13(15)21-8-11/h3-9H,1-2H3. The summed E-state index contributed by atoms with van der Waals surface area (Å²) in [4.78, 5) is 24.3. The molecule has 0 radical (unpaired) electrons. The first-order valence-corrected chi connectivity index (χ1v) is 7.83. The van der Waals surface area contributed by atoms with Crippen molar-refractivity contribution < 1.29 is 9.72 Å². The molecule has 0 aliphatic rings. The van der Waals surface area contributed by atoms with Crippen LogP contribution in [0.25, 0.3) is 0 Å². The van der Waals surface area contributed by atoms with Gasteiger partial charge in [-0.25, -0.2) is 0 Å². The zero-order valence-corrected chi connectivity index (χ0v) is 13.8. The van der Waals surface area contributed by atoms with Gasteiger partial charge in [-0.1, -0.05) is 12.1 Å². The minimum Gasteiger partial charge on any atom is -0.335 e. The molecule has 0 spiro atoms. The maximum atomic E-state index is 12.4. The summed E-state index contributed by atoms with van der Waals surface area (Å²) >= 11 is 4.77. The van der Waals surface area contributed by atoms with Gasteiger partial charge < -0.3 is 4.90 Å². The largest absolute Gasteiger partial charge is 0.335 e. The molecule has 2 rings (SSSR count). The van der Waals surface area contributed by atoms with E-state index in [1.54, 1.807) is 35.5 Å². The van der Waals surface area contributed by atoms with Crippen LogP contribution in [-0.2, 0) is 0 Å². The summed E-state index contributed by atoms with van der Waals surface area (Å²) in [6.45, 7) is 1.85. The van der Waals surface area contributed by atoms with E-state index in [2.05, 4.69) is 15.9 Å². The molecule has 0 saturated heterocycles. The number of thiophene rings is 1. The van der Waals surface area contributed by atoms with Crippen LogP contribution in [0.5, 0.6) is 0 Å². The number of halogens is 1. The van der Waals surface area contributed by atoms with E-state index >= 15 is 0 Å². The smallest absolute Gasteiger partial charge is 0.269 e. The number of hydrogen-bond acceptors (Lipinski definition) is 4. The lowest BCUT2D eigenvalue weighted by Gasteiger charge is -2.25. The maximum Gasteiger partial charge on any atom is 0.269 e. The van der Waals surface area contributed by atoms with Crippen LogP contribution in [0.3, 0.4) is 0 Å². The number of rotatable bonds is 4. The minimum absolute atomic E-state index is 0.0264. The van der Waals surface area contributed by atoms with Crippen molar-refractivity contribution in [2.75, 3.05) is 7.05 Å². The van der Waals surface area contributed by atoms with E-state index in [0.717, 1.165) is 9.35 Å². The van der Waals surface area contributed by atoms with Gasteiger partial charge in [-0.2, -0.15) is 0 Å². The van der Waals surface area contributed by atoms with E-state index in [4.69, 9.17) is 0 Å². The number of benzene rings is 1. The van der Waals surface area contributed by atoms with Gasteiger partial charge in [0.05, 0.1) is 20.3 Å². The summed E-state index contributed by atoms with van der Waals surface area (Å²) in [5.74, 6) is -0.115. The third kappa shape index (κ3) is 3.48. The Kier molecular flexibility index (Phi) is 4.74. The maximum absolute atomic E-state index is 12.4. The molecule has 1 amide bonds. The number of hydrogen-bond donors (Lipinski definition) is 0. The molecule has 21 heavy (non-hydrogen) atoms. The molecule has 5 nitrogen and oxygen atoms in total. The lowest BCUT2D eigenvalue weighted by molar-refractivity contribution is -0.384. The summed E-state index contributed by atoms with van der Waals surface area (Å²) in [6.07, 6.45) is 0. The fourth-order valence-electron chi connectivity index (χ4n) is 1.92. The van der Waals surface area contributed by atoms with Gasteiger partial charge >= 0.3 is 0 Å². The number of carbonyl (C=O) groups excluding carboxylic acids is 1. The average molecular weight is 369 g/mol. The Morgan fingerprint density at radius 1 is 1.43 bits per heavy atom. The van der Waals surface area contributed by atoms with Crippen molar-refractivity contribution in [3.05, 3.63) is 60.7 Å². The first-order valence-electron chi connectivity index (χ1n) is 6.15. The van der Waals surface area contributed by atoms with Crippen molar-refractivity contribution >= 4 is 38.9 Å². The predicted molar refractivity (Wildman–Crippen MR) is 85.6 cm³/mol. The number of nitro benzene ring substituents is 1. The van der Waals surface area contributed by atoms with Crippen LogP contribution in [0.4, 0.5) is 5.69 Å². The number of amides is 1. The molecule has 0 bridgehead atoms. The van der Waals surface area contributed by atoms with Gasteiger partial charge in [0, 0.05) is 24.6 Å². The third-order valence-electron chi connectivity index (χ3n) is 3.28. The van der Waals surface area contributed by atoms with Crippen molar-refractivity contribution in [1.82, 2.24) is 4.90 Å². The zero-order valence-electron chi connectivity index (χ0n) is 11.4. The SMILES string of the molecule is CC(c1cccc([N+](=O)[O-])c1)N(C)C(=O)c1csc(Br)c1. The molecular weight excluding hydrogens is 356 g/mol. The predicted octanol–water partition coefficient (Wildman–Crippen LogP) is 4.25. The highest BCUT2D eigenvalue weighted by Gasteiger charge is 2.21. The van der Waals surface area contributed by atoms with Crippen molar-refractivity contribution in [3.63, 3.8) is 0 Å². The van der Waals surface area contributed by atoms with Gasteiger partial charge in [-0.15, -0.1) is 11.3 Å². The van der Waals surface area contributed by atoms with Gasteiger partial charge in [0.1, 0.15) is 0 Å². The molecule has 0 fully saturated rings. The Morgan fingerprint density at radius 3 is 2.71 bits per heavy atom. The van der Waals surface area contributed by atoms with Gasteiger partial charge in [0.25, 0.3) is 11.6 Å². The molecule has 2 aromatic rings. The first-order chi connectivity index (χ1) is 9.90. The molecule has 1 heterocycles. The fraction of sp³-hybridized carbons (Fsp3) is 0.214. The Balaban J connectivity index is 2.22. The number of non-ortho nitro benzene ring substituents is 1. The number of carbonyl (C=O) groups is 1. The molecule has 0 N–H and O–H groups in total. The summed E-state index contributed by atoms with van der Waals surface area (Å²) in [7, 11) is 1.69. The van der Waals surface area contributed by atoms with Crippen LogP contribution in [0.15, 0.2) is 39.5 Å². The lowest BCUT2D eigenvalue weighted by Crippen LogP contribution is -2.29. The second-order valence-corrected chi connectivity index (χ2v) is 6.87. The second kappa shape index (κ2) is 6.36. The van der Waals surface area contributed by atoms with Crippen LogP contribution in [0.1, 0.15) is 28.9 Å². The Hall–Kier alpha value is -1.73. The molecule has 1 aromatic carbocycles. The fourth-order valence-corrected chi connectivity index (χ4v) is 3.05. The number of nitro groups is 1. The Bertz CT molecular complexity index is 686. The van der Waals surface area contributed by atoms with Crippen LogP contribution in [-0.4, -0.2) is 22.8 Å². The van der Waals surface area contributed by atoms with Gasteiger partial charge in [-0.3, -0.25) is 14.9 Å². The molecule has 1 unspecified atom stereocenters. The molecule has 0 aliphatic carbocycles. The van der Waals surface area contributed by atoms with Crippen molar-refractivity contribution in [2.24, 2.45) is 0 Å². The molecule has 0 saturated carbocycles. The quantitative estimate of drug-likeness (QED) is 0.598. The zero-order chi connectivity index (χ0) is 15.6. The third-order valence-corrected chi connectivity index (χ3v) is 4.78. The highest BCUT2D eigenvalue weighted by Crippen LogP contribution is 2.26. The average Bonchev–Trinajstić information content (AvgIpc) is 2.91. The van der Waals surface area contributed by atoms with E-state index in [1.807, 2.05) is 6.92 Å². The van der Waals surface area contributed by atoms with E-state index < -0.39 is 4.92 Å². The second-order valence-electron chi connectivity index (χ2n) is 4.58. The summed E-state index contributed by atoms with van der Waals surface area (Å²) < 4.78 is 0.891. The highest BCUT2D eigenvalue weighted by molar-refractivity contribution is 9.11. The number of nitrogens with zero attached hydrogens (tertiary/aromatic N) is 2. The van der Waals surface area contributed by atoms with E-state index in [-0.39, 0.29) is 17.6 Å². The van der Waals surface area contributed by atoms with Crippen molar-refractivity contribution in [2.45, 2.75) is 13.0 Å². The van der Waals surface area contributed by atoms with Gasteiger partial charge in [-0.05, 0) is 34.5 Å². The summed E-state index contributed by atoms with van der Waals surface area (Å²) in [5.41, 5.74) is 1.36. The highest BCUT2D eigenvalue weighted by atomic mass is 79.9. The molecular formula is C14H13BrN2O3S. The lowest BCUT2D eigenvalue weighted by atomic mass is 10.1. The Morgan fingerprint density at radius 2 is 2.14 bits per heavy atom. The van der Waals surface area contributed by atoms with Crippen molar-refractivity contribution in [3.8, 4) is 0 Å². The van der Waals surface area contributed by atoms with Crippen molar-refractivity contribution in [1.29, 1.82) is 0 Å². The Labute approximate surface area is 134 Å². The van der Waals surface area contributed by atoms with Gasteiger partial charge in [0.2, 0.25) is 0 Å². The molecule has 0 aliphatic heterocycles. The van der Waals surface area contributed by atoms with Crippen LogP contribution in [0.2, 0.25) is 0 Å². The van der Waals surface area contributed by atoms with Crippen LogP contribution in [0, 0.1) is 10.1 Å². The monoisotopic (exact) mass is 368 g/mol. The summed E-state index contributed by atoms with van der Waals surface area (Å²) in [6, 6.07) is 7.86. The van der Waals surface area contributed by atoms with E-state index in [9.17, 15) is 14.9 Å². The van der Waals surface area contributed by atoms with E-state index in [0.29, 0.717) is 5.56 Å². The van der Waals surface area contributed by atoms with E-state index in [1.165, 1.54) is 23.5 Å². The van der Waals surface area contributed by atoms with Crippen LogP contribution < -0.4 is 0 Å². The molecule has 1 aromatic heterocycles. The minimum atomic E-state index is -0.436. The molecule has 110 valence electrons.